The van der Waals surface area contributed by atoms with Gasteiger partial charge < -0.3 is 20.4 Å². The SMILES string of the molecule is CCOCc1ccccc1CNC(=NC)NCCc1c[nH]c2ccccc12.I. The average molecular weight is 492 g/mol. The standard InChI is InChI=1S/C22H28N4O.HI/c1-3-27-16-19-9-5-4-8-17(19)14-26-22(23-2)24-13-12-18-15-25-21-11-7-6-10-20(18)21;/h4-11,15,25H,3,12-14,16H2,1-2H3,(H2,23,24,26);1H. The summed E-state index contributed by atoms with van der Waals surface area (Å²) in [5.74, 6) is 0.807. The van der Waals surface area contributed by atoms with Gasteiger partial charge in [0.05, 0.1) is 6.61 Å². The van der Waals surface area contributed by atoms with Crippen molar-refractivity contribution in [2.24, 2.45) is 4.99 Å². The summed E-state index contributed by atoms with van der Waals surface area (Å²) in [5, 5.41) is 8.08. The van der Waals surface area contributed by atoms with E-state index < -0.39 is 0 Å². The van der Waals surface area contributed by atoms with Crippen molar-refractivity contribution in [2.75, 3.05) is 20.2 Å². The van der Waals surface area contributed by atoms with Crippen LogP contribution in [0.5, 0.6) is 0 Å². The minimum absolute atomic E-state index is 0. The zero-order valence-corrected chi connectivity index (χ0v) is 18.8. The second-order valence-corrected chi connectivity index (χ2v) is 6.37. The lowest BCUT2D eigenvalue weighted by Gasteiger charge is -2.14. The molecule has 0 spiro atoms. The van der Waals surface area contributed by atoms with Gasteiger partial charge in [-0.2, -0.15) is 0 Å². The molecule has 0 saturated carbocycles. The number of nitrogens with zero attached hydrogens (tertiary/aromatic N) is 1. The van der Waals surface area contributed by atoms with Gasteiger partial charge in [-0.3, -0.25) is 4.99 Å². The normalized spacial score (nSPS) is 11.3. The number of nitrogens with one attached hydrogen (secondary N) is 3. The number of fused-ring (bicyclic) bond motifs is 1. The van der Waals surface area contributed by atoms with Crippen LogP contribution in [0.2, 0.25) is 0 Å². The number of rotatable bonds is 8. The van der Waals surface area contributed by atoms with Crippen LogP contribution in [0.1, 0.15) is 23.6 Å². The zero-order chi connectivity index (χ0) is 18.9. The van der Waals surface area contributed by atoms with E-state index in [0.717, 1.165) is 32.1 Å². The molecule has 150 valence electrons. The Morgan fingerprint density at radius 3 is 2.54 bits per heavy atom. The third-order valence-corrected chi connectivity index (χ3v) is 4.61. The summed E-state index contributed by atoms with van der Waals surface area (Å²) in [7, 11) is 1.80. The van der Waals surface area contributed by atoms with Gasteiger partial charge in [0, 0.05) is 43.8 Å². The third kappa shape index (κ3) is 5.97. The Labute approximate surface area is 184 Å². The van der Waals surface area contributed by atoms with E-state index in [1.54, 1.807) is 7.05 Å². The van der Waals surface area contributed by atoms with E-state index >= 15 is 0 Å². The fourth-order valence-corrected chi connectivity index (χ4v) is 3.14. The average Bonchev–Trinajstić information content (AvgIpc) is 3.13. The Morgan fingerprint density at radius 2 is 1.75 bits per heavy atom. The van der Waals surface area contributed by atoms with Gasteiger partial charge in [0.15, 0.2) is 5.96 Å². The van der Waals surface area contributed by atoms with Gasteiger partial charge in [0.2, 0.25) is 0 Å². The first-order chi connectivity index (χ1) is 13.3. The molecule has 0 saturated heterocycles. The molecular weight excluding hydrogens is 463 g/mol. The summed E-state index contributed by atoms with van der Waals surface area (Å²) in [5.41, 5.74) is 4.93. The number of hydrogen-bond donors (Lipinski definition) is 3. The summed E-state index contributed by atoms with van der Waals surface area (Å²) < 4.78 is 5.56. The monoisotopic (exact) mass is 492 g/mol. The maximum Gasteiger partial charge on any atom is 0.191 e. The lowest BCUT2D eigenvalue weighted by molar-refractivity contribution is 0.133. The van der Waals surface area contributed by atoms with Gasteiger partial charge in [-0.15, -0.1) is 24.0 Å². The van der Waals surface area contributed by atoms with E-state index in [-0.39, 0.29) is 24.0 Å². The molecule has 2 aromatic carbocycles. The second kappa shape index (κ2) is 11.7. The molecule has 0 aliphatic carbocycles. The second-order valence-electron chi connectivity index (χ2n) is 6.37. The predicted octanol–water partition coefficient (Wildman–Crippen LogP) is 4.23. The first kappa shape index (κ1) is 22.2. The molecule has 5 nitrogen and oxygen atoms in total. The van der Waals surface area contributed by atoms with Crippen LogP contribution in [0.25, 0.3) is 10.9 Å². The number of benzene rings is 2. The zero-order valence-electron chi connectivity index (χ0n) is 16.5. The molecule has 3 rings (SSSR count). The Bertz CT molecular complexity index is 891. The molecule has 0 aliphatic heterocycles. The van der Waals surface area contributed by atoms with Crippen molar-refractivity contribution >= 4 is 40.8 Å². The Balaban J connectivity index is 0.00000280. The molecule has 0 unspecified atom stereocenters. The van der Waals surface area contributed by atoms with E-state index in [0.29, 0.717) is 6.61 Å². The number of aliphatic imine (C=N–C) groups is 1. The summed E-state index contributed by atoms with van der Waals surface area (Å²) in [6.07, 6.45) is 3.03. The number of para-hydroxylation sites is 1. The van der Waals surface area contributed by atoms with E-state index in [4.69, 9.17) is 4.74 Å². The van der Waals surface area contributed by atoms with Gasteiger partial charge in [0.1, 0.15) is 0 Å². The highest BCUT2D eigenvalue weighted by Gasteiger charge is 2.05. The summed E-state index contributed by atoms with van der Waals surface area (Å²) in [6.45, 7) is 4.91. The topological polar surface area (TPSA) is 61.4 Å². The maximum absolute atomic E-state index is 5.56. The molecule has 3 N–H and O–H groups in total. The van der Waals surface area contributed by atoms with Crippen LogP contribution in [0.4, 0.5) is 0 Å². The van der Waals surface area contributed by atoms with Crippen molar-refractivity contribution in [1.29, 1.82) is 0 Å². The first-order valence-corrected chi connectivity index (χ1v) is 9.46. The maximum atomic E-state index is 5.56. The molecule has 28 heavy (non-hydrogen) atoms. The molecule has 0 atom stereocenters. The summed E-state index contributed by atoms with van der Waals surface area (Å²) in [6, 6.07) is 16.7. The molecule has 0 aliphatic rings. The van der Waals surface area contributed by atoms with Gasteiger partial charge in [-0.05, 0) is 36.1 Å². The largest absolute Gasteiger partial charge is 0.377 e. The molecule has 0 fully saturated rings. The Hall–Kier alpha value is -2.06. The number of ether oxygens (including phenoxy) is 1. The molecule has 1 aromatic heterocycles. The van der Waals surface area contributed by atoms with Crippen molar-refractivity contribution in [3.8, 4) is 0 Å². The number of H-pyrrole nitrogens is 1. The number of halogens is 1. The molecule has 1 heterocycles. The van der Waals surface area contributed by atoms with Gasteiger partial charge in [-0.1, -0.05) is 42.5 Å². The van der Waals surface area contributed by atoms with E-state index in [2.05, 4.69) is 69.3 Å². The number of aromatic nitrogens is 1. The minimum Gasteiger partial charge on any atom is -0.377 e. The Kier molecular flexibility index (Phi) is 9.30. The molecule has 6 heteroatoms. The van der Waals surface area contributed by atoms with Crippen molar-refractivity contribution in [2.45, 2.75) is 26.5 Å². The third-order valence-electron chi connectivity index (χ3n) is 4.61. The van der Waals surface area contributed by atoms with Crippen LogP contribution in [0.15, 0.2) is 59.7 Å². The molecule has 0 radical (unpaired) electrons. The van der Waals surface area contributed by atoms with E-state index in [1.807, 2.05) is 13.0 Å². The van der Waals surface area contributed by atoms with Crippen molar-refractivity contribution < 1.29 is 4.74 Å². The highest BCUT2D eigenvalue weighted by atomic mass is 127. The van der Waals surface area contributed by atoms with Crippen LogP contribution < -0.4 is 10.6 Å². The number of aromatic amines is 1. The lowest BCUT2D eigenvalue weighted by atomic mass is 10.1. The number of hydrogen-bond acceptors (Lipinski definition) is 2. The van der Waals surface area contributed by atoms with Crippen LogP contribution in [-0.4, -0.2) is 31.1 Å². The fraction of sp³-hybridized carbons (Fsp3) is 0.318. The Morgan fingerprint density at radius 1 is 1.00 bits per heavy atom. The smallest absolute Gasteiger partial charge is 0.191 e. The van der Waals surface area contributed by atoms with Crippen LogP contribution >= 0.6 is 24.0 Å². The molecule has 0 bridgehead atoms. The van der Waals surface area contributed by atoms with Crippen molar-refractivity contribution in [3.63, 3.8) is 0 Å². The van der Waals surface area contributed by atoms with E-state index in [9.17, 15) is 0 Å². The fourth-order valence-electron chi connectivity index (χ4n) is 3.14. The number of guanidine groups is 1. The van der Waals surface area contributed by atoms with Gasteiger partial charge in [0.25, 0.3) is 0 Å². The van der Waals surface area contributed by atoms with Crippen molar-refractivity contribution in [1.82, 2.24) is 15.6 Å². The summed E-state index contributed by atoms with van der Waals surface area (Å²) in [4.78, 5) is 7.66. The lowest BCUT2D eigenvalue weighted by Crippen LogP contribution is -2.38. The van der Waals surface area contributed by atoms with Gasteiger partial charge in [-0.25, -0.2) is 0 Å². The first-order valence-electron chi connectivity index (χ1n) is 9.46. The van der Waals surface area contributed by atoms with Crippen molar-refractivity contribution in [3.05, 3.63) is 71.4 Å². The predicted molar refractivity (Wildman–Crippen MR) is 127 cm³/mol. The highest BCUT2D eigenvalue weighted by molar-refractivity contribution is 14.0. The molecule has 0 amide bonds. The van der Waals surface area contributed by atoms with Crippen LogP contribution in [0.3, 0.4) is 0 Å². The highest BCUT2D eigenvalue weighted by Crippen LogP contribution is 2.17. The van der Waals surface area contributed by atoms with Gasteiger partial charge >= 0.3 is 0 Å². The van der Waals surface area contributed by atoms with Crippen LogP contribution in [0, 0.1) is 0 Å². The molecule has 3 aromatic rings. The minimum atomic E-state index is 0. The molecular formula is C22H29IN4O. The van der Waals surface area contributed by atoms with Crippen LogP contribution in [-0.2, 0) is 24.3 Å². The summed E-state index contributed by atoms with van der Waals surface area (Å²) >= 11 is 0. The van der Waals surface area contributed by atoms with E-state index in [1.165, 1.54) is 27.6 Å². The quantitative estimate of drug-likeness (QED) is 0.251.